The monoisotopic (exact) mass is 328 g/mol. The van der Waals surface area contributed by atoms with Crippen LogP contribution >= 0.6 is 0 Å². The van der Waals surface area contributed by atoms with Gasteiger partial charge in [0.15, 0.2) is 5.96 Å². The lowest BCUT2D eigenvalue weighted by Gasteiger charge is -2.34. The number of methoxy groups -OCH3 is 1. The number of nitrogens with one attached hydrogen (secondary N) is 1. The minimum atomic E-state index is 0.386. The van der Waals surface area contributed by atoms with E-state index in [2.05, 4.69) is 36.0 Å². The summed E-state index contributed by atoms with van der Waals surface area (Å²) in [6, 6.07) is 0. The fourth-order valence-electron chi connectivity index (χ4n) is 2.60. The molecule has 6 nitrogen and oxygen atoms in total. The molecule has 0 aromatic heterocycles. The molecule has 0 radical (unpaired) electrons. The Balaban J connectivity index is 2.33. The van der Waals surface area contributed by atoms with Crippen molar-refractivity contribution in [2.45, 2.75) is 39.2 Å². The Labute approximate surface area is 142 Å². The average Bonchev–Trinajstić information content (AvgIpc) is 2.58. The van der Waals surface area contributed by atoms with Crippen LogP contribution in [-0.4, -0.2) is 88.5 Å². The van der Waals surface area contributed by atoms with Crippen LogP contribution in [0.5, 0.6) is 0 Å². The van der Waals surface area contributed by atoms with Crippen LogP contribution in [-0.2, 0) is 9.47 Å². The van der Waals surface area contributed by atoms with Crippen LogP contribution in [0.3, 0.4) is 0 Å². The molecule has 0 unspecified atom stereocenters. The highest BCUT2D eigenvalue weighted by molar-refractivity contribution is 5.80. The third-order valence-electron chi connectivity index (χ3n) is 4.21. The average molecular weight is 329 g/mol. The Morgan fingerprint density at radius 2 is 2.00 bits per heavy atom. The van der Waals surface area contributed by atoms with Crippen molar-refractivity contribution in [3.05, 3.63) is 0 Å². The van der Waals surface area contributed by atoms with Gasteiger partial charge in [0.2, 0.25) is 0 Å². The summed E-state index contributed by atoms with van der Waals surface area (Å²) in [7, 11) is 3.87. The molecule has 0 spiro atoms. The second kappa shape index (κ2) is 12.6. The Morgan fingerprint density at radius 1 is 1.26 bits per heavy atom. The van der Waals surface area contributed by atoms with Gasteiger partial charge in [0.05, 0.1) is 12.6 Å². The Kier molecular flexibility index (Phi) is 11.0. The van der Waals surface area contributed by atoms with Gasteiger partial charge < -0.3 is 24.6 Å². The summed E-state index contributed by atoms with van der Waals surface area (Å²) in [5.74, 6) is 1.05. The topological polar surface area (TPSA) is 49.3 Å². The van der Waals surface area contributed by atoms with E-state index in [-0.39, 0.29) is 0 Å². The zero-order valence-corrected chi connectivity index (χ0v) is 15.5. The van der Waals surface area contributed by atoms with Crippen molar-refractivity contribution in [2.75, 3.05) is 66.6 Å². The smallest absolute Gasteiger partial charge is 0.193 e. The number of hydrogen-bond donors (Lipinski definition) is 1. The first-order valence-corrected chi connectivity index (χ1v) is 9.03. The summed E-state index contributed by atoms with van der Waals surface area (Å²) in [5.41, 5.74) is 0. The number of hydrogen-bond acceptors (Lipinski definition) is 4. The maximum absolute atomic E-state index is 5.93. The molecule has 0 saturated carbocycles. The lowest BCUT2D eigenvalue weighted by molar-refractivity contribution is 0.00990. The molecule has 0 aromatic rings. The number of aliphatic imine (C=N–C) groups is 1. The molecule has 1 heterocycles. The van der Waals surface area contributed by atoms with Gasteiger partial charge in [0.1, 0.15) is 0 Å². The quantitative estimate of drug-likeness (QED) is 0.373. The highest BCUT2D eigenvalue weighted by atomic mass is 16.5. The molecule has 136 valence electrons. The minimum absolute atomic E-state index is 0.386. The SMILES string of the molecule is CCNC(=NCCN(C)CC)N1CCC(OCCCOC)CC1. The van der Waals surface area contributed by atoms with Crippen LogP contribution in [0.4, 0.5) is 0 Å². The molecule has 1 fully saturated rings. The Bertz CT molecular complexity index is 318. The van der Waals surface area contributed by atoms with Crippen LogP contribution in [0.1, 0.15) is 33.1 Å². The summed E-state index contributed by atoms with van der Waals surface area (Å²) in [5, 5.41) is 3.42. The van der Waals surface area contributed by atoms with E-state index in [1.807, 2.05) is 0 Å². The van der Waals surface area contributed by atoms with Crippen LogP contribution in [0.2, 0.25) is 0 Å². The summed E-state index contributed by atoms with van der Waals surface area (Å²) in [6.07, 6.45) is 3.52. The van der Waals surface area contributed by atoms with Crippen LogP contribution in [0.25, 0.3) is 0 Å². The van der Waals surface area contributed by atoms with Crippen molar-refractivity contribution in [3.63, 3.8) is 0 Å². The van der Waals surface area contributed by atoms with E-state index >= 15 is 0 Å². The molecule has 0 bridgehead atoms. The first-order valence-electron chi connectivity index (χ1n) is 9.03. The number of ether oxygens (including phenoxy) is 2. The molecule has 0 amide bonds. The van der Waals surface area contributed by atoms with Gasteiger partial charge in [-0.05, 0) is 39.8 Å². The summed E-state index contributed by atoms with van der Waals surface area (Å²) in [4.78, 5) is 9.42. The first kappa shape index (κ1) is 20.2. The van der Waals surface area contributed by atoms with Crippen molar-refractivity contribution >= 4 is 5.96 Å². The van der Waals surface area contributed by atoms with E-state index in [1.165, 1.54) is 0 Å². The maximum atomic E-state index is 5.93. The highest BCUT2D eigenvalue weighted by Gasteiger charge is 2.21. The van der Waals surface area contributed by atoms with E-state index in [0.29, 0.717) is 6.10 Å². The molecule has 1 aliphatic heterocycles. The normalized spacial score (nSPS) is 17.1. The van der Waals surface area contributed by atoms with E-state index in [1.54, 1.807) is 7.11 Å². The summed E-state index contributed by atoms with van der Waals surface area (Å²) >= 11 is 0. The zero-order chi connectivity index (χ0) is 16.9. The fourth-order valence-corrected chi connectivity index (χ4v) is 2.60. The molecule has 0 atom stereocenters. The van der Waals surface area contributed by atoms with Crippen molar-refractivity contribution in [1.82, 2.24) is 15.1 Å². The van der Waals surface area contributed by atoms with Gasteiger partial charge in [0.25, 0.3) is 0 Å². The molecule has 6 heteroatoms. The molecule has 0 aliphatic carbocycles. The van der Waals surface area contributed by atoms with Gasteiger partial charge >= 0.3 is 0 Å². The van der Waals surface area contributed by atoms with Gasteiger partial charge in [-0.1, -0.05) is 6.92 Å². The van der Waals surface area contributed by atoms with Gasteiger partial charge in [-0.2, -0.15) is 0 Å². The Morgan fingerprint density at radius 3 is 2.61 bits per heavy atom. The second-order valence-electron chi connectivity index (χ2n) is 6.04. The van der Waals surface area contributed by atoms with E-state index in [9.17, 15) is 0 Å². The number of likely N-dealkylation sites (N-methyl/N-ethyl adjacent to an activating group) is 1. The van der Waals surface area contributed by atoms with E-state index in [4.69, 9.17) is 14.5 Å². The summed E-state index contributed by atoms with van der Waals surface area (Å²) in [6.45, 7) is 11.7. The van der Waals surface area contributed by atoms with Crippen molar-refractivity contribution < 1.29 is 9.47 Å². The minimum Gasteiger partial charge on any atom is -0.385 e. The largest absolute Gasteiger partial charge is 0.385 e. The van der Waals surface area contributed by atoms with Crippen LogP contribution in [0.15, 0.2) is 4.99 Å². The lowest BCUT2D eigenvalue weighted by atomic mass is 10.1. The molecular weight excluding hydrogens is 292 g/mol. The van der Waals surface area contributed by atoms with E-state index < -0.39 is 0 Å². The predicted molar refractivity (Wildman–Crippen MR) is 96.2 cm³/mol. The number of piperidine rings is 1. The van der Waals surface area contributed by atoms with Crippen molar-refractivity contribution in [1.29, 1.82) is 0 Å². The number of rotatable bonds is 10. The molecule has 23 heavy (non-hydrogen) atoms. The van der Waals surface area contributed by atoms with Crippen LogP contribution in [0, 0.1) is 0 Å². The summed E-state index contributed by atoms with van der Waals surface area (Å²) < 4.78 is 11.0. The third kappa shape index (κ3) is 8.53. The fraction of sp³-hybridized carbons (Fsp3) is 0.941. The second-order valence-corrected chi connectivity index (χ2v) is 6.04. The number of likely N-dealkylation sites (tertiary alicyclic amines) is 1. The maximum Gasteiger partial charge on any atom is 0.193 e. The molecule has 1 rings (SSSR count). The van der Waals surface area contributed by atoms with Gasteiger partial charge in [0, 0.05) is 46.5 Å². The van der Waals surface area contributed by atoms with Gasteiger partial charge in [-0.15, -0.1) is 0 Å². The zero-order valence-electron chi connectivity index (χ0n) is 15.5. The molecule has 1 aliphatic rings. The number of nitrogens with zero attached hydrogens (tertiary/aromatic N) is 3. The van der Waals surface area contributed by atoms with Gasteiger partial charge in [-0.3, -0.25) is 4.99 Å². The van der Waals surface area contributed by atoms with Crippen LogP contribution < -0.4 is 5.32 Å². The van der Waals surface area contributed by atoms with Gasteiger partial charge in [-0.25, -0.2) is 0 Å². The highest BCUT2D eigenvalue weighted by Crippen LogP contribution is 2.14. The molecular formula is C17H36N4O2. The standard InChI is InChI=1S/C17H36N4O2/c1-5-18-17(19-10-13-20(3)6-2)21-11-8-16(9-12-21)23-15-7-14-22-4/h16H,5-15H2,1-4H3,(H,18,19). The number of guanidine groups is 1. The lowest BCUT2D eigenvalue weighted by Crippen LogP contribution is -2.47. The van der Waals surface area contributed by atoms with Crippen molar-refractivity contribution in [2.24, 2.45) is 4.99 Å². The first-order chi connectivity index (χ1) is 11.2. The third-order valence-corrected chi connectivity index (χ3v) is 4.21. The molecule has 0 aromatic carbocycles. The molecule has 1 saturated heterocycles. The predicted octanol–water partition coefficient (Wildman–Crippen LogP) is 1.42. The Hall–Kier alpha value is -0.850. The van der Waals surface area contributed by atoms with Crippen molar-refractivity contribution in [3.8, 4) is 0 Å². The van der Waals surface area contributed by atoms with E-state index in [0.717, 1.165) is 77.7 Å². The molecule has 1 N–H and O–H groups in total.